The molecule has 1 aliphatic heterocycles. The van der Waals surface area contributed by atoms with Crippen molar-refractivity contribution in [2.45, 2.75) is 33.1 Å². The molecule has 0 aliphatic carbocycles. The van der Waals surface area contributed by atoms with Crippen LogP contribution in [0.3, 0.4) is 0 Å². The number of rotatable bonds is 3. The van der Waals surface area contributed by atoms with Crippen molar-refractivity contribution in [2.24, 2.45) is 5.92 Å². The summed E-state index contributed by atoms with van der Waals surface area (Å²) in [7, 11) is 0. The molecule has 2 aromatic rings. The van der Waals surface area contributed by atoms with Crippen molar-refractivity contribution in [1.29, 1.82) is 0 Å². The Morgan fingerprint density at radius 3 is 2.95 bits per heavy atom. The zero-order valence-electron chi connectivity index (χ0n) is 13.0. The van der Waals surface area contributed by atoms with E-state index in [1.165, 1.54) is 6.33 Å². The Balaban J connectivity index is 1.86. The van der Waals surface area contributed by atoms with Crippen molar-refractivity contribution in [3.05, 3.63) is 24.1 Å². The van der Waals surface area contributed by atoms with E-state index < -0.39 is 0 Å². The minimum Gasteiger partial charge on any atom is -0.342 e. The lowest BCUT2D eigenvalue weighted by Crippen LogP contribution is -2.32. The molecule has 7 nitrogen and oxygen atoms in total. The molecule has 3 rings (SSSR count). The Morgan fingerprint density at radius 1 is 1.45 bits per heavy atom. The fourth-order valence-corrected chi connectivity index (χ4v) is 2.79. The molecule has 1 fully saturated rings. The SMILES string of the molecule is Cc1nc(-c2cncnc2[C@H]2CCN(C(=O)C(C)C)C2)no1. The number of hydrogen-bond acceptors (Lipinski definition) is 6. The molecule has 116 valence electrons. The van der Waals surface area contributed by atoms with Crippen LogP contribution >= 0.6 is 0 Å². The van der Waals surface area contributed by atoms with Gasteiger partial charge < -0.3 is 9.42 Å². The molecular weight excluding hydrogens is 282 g/mol. The number of carbonyl (C=O) groups excluding carboxylic acids is 1. The van der Waals surface area contributed by atoms with Crippen molar-refractivity contribution in [3.8, 4) is 11.4 Å². The predicted molar refractivity (Wildman–Crippen MR) is 78.8 cm³/mol. The van der Waals surface area contributed by atoms with Gasteiger partial charge in [-0.05, 0) is 6.42 Å². The summed E-state index contributed by atoms with van der Waals surface area (Å²) in [5, 5.41) is 3.95. The first-order valence-electron chi connectivity index (χ1n) is 7.45. The second-order valence-electron chi connectivity index (χ2n) is 5.88. The summed E-state index contributed by atoms with van der Waals surface area (Å²) in [6.07, 6.45) is 4.12. The first-order chi connectivity index (χ1) is 10.6. The van der Waals surface area contributed by atoms with Crippen LogP contribution in [-0.2, 0) is 4.79 Å². The number of hydrogen-bond donors (Lipinski definition) is 0. The maximum absolute atomic E-state index is 12.1. The summed E-state index contributed by atoms with van der Waals surface area (Å²) in [5.74, 6) is 1.39. The van der Waals surface area contributed by atoms with E-state index in [2.05, 4.69) is 20.1 Å². The van der Waals surface area contributed by atoms with Crippen LogP contribution in [0.1, 0.15) is 37.8 Å². The number of carbonyl (C=O) groups is 1. The highest BCUT2D eigenvalue weighted by atomic mass is 16.5. The molecule has 0 saturated carbocycles. The Labute approximate surface area is 128 Å². The summed E-state index contributed by atoms with van der Waals surface area (Å²) >= 11 is 0. The van der Waals surface area contributed by atoms with Gasteiger partial charge in [-0.1, -0.05) is 19.0 Å². The van der Waals surface area contributed by atoms with Gasteiger partial charge in [0.25, 0.3) is 0 Å². The van der Waals surface area contributed by atoms with Gasteiger partial charge in [0.1, 0.15) is 6.33 Å². The van der Waals surface area contributed by atoms with E-state index in [1.807, 2.05) is 18.7 Å². The van der Waals surface area contributed by atoms with Gasteiger partial charge in [0.2, 0.25) is 17.6 Å². The normalized spacial score (nSPS) is 18.2. The third-order valence-electron chi connectivity index (χ3n) is 3.89. The molecule has 0 radical (unpaired) electrons. The molecule has 7 heteroatoms. The Morgan fingerprint density at radius 2 is 2.27 bits per heavy atom. The maximum Gasteiger partial charge on any atom is 0.225 e. The van der Waals surface area contributed by atoms with Gasteiger partial charge in [-0.25, -0.2) is 9.97 Å². The molecule has 1 saturated heterocycles. The van der Waals surface area contributed by atoms with Crippen LogP contribution in [0.5, 0.6) is 0 Å². The lowest BCUT2D eigenvalue weighted by molar-refractivity contribution is -0.133. The highest BCUT2D eigenvalue weighted by Crippen LogP contribution is 2.32. The minimum atomic E-state index is 0.0171. The molecule has 1 atom stereocenters. The van der Waals surface area contributed by atoms with Crippen LogP contribution in [0, 0.1) is 12.8 Å². The van der Waals surface area contributed by atoms with Gasteiger partial charge in [-0.15, -0.1) is 0 Å². The smallest absolute Gasteiger partial charge is 0.225 e. The van der Waals surface area contributed by atoms with E-state index in [-0.39, 0.29) is 17.7 Å². The Kier molecular flexibility index (Phi) is 3.87. The largest absolute Gasteiger partial charge is 0.342 e. The van der Waals surface area contributed by atoms with Crippen LogP contribution in [-0.4, -0.2) is 44.0 Å². The van der Waals surface area contributed by atoms with Gasteiger partial charge in [-0.3, -0.25) is 4.79 Å². The zero-order valence-corrected chi connectivity index (χ0v) is 13.0. The molecule has 0 N–H and O–H groups in total. The van der Waals surface area contributed by atoms with E-state index in [1.54, 1.807) is 13.1 Å². The first-order valence-corrected chi connectivity index (χ1v) is 7.45. The van der Waals surface area contributed by atoms with Gasteiger partial charge >= 0.3 is 0 Å². The summed E-state index contributed by atoms with van der Waals surface area (Å²) in [4.78, 5) is 26.8. The number of aromatic nitrogens is 4. The van der Waals surface area contributed by atoms with Gasteiger partial charge in [0.15, 0.2) is 0 Å². The van der Waals surface area contributed by atoms with E-state index in [0.717, 1.165) is 24.2 Å². The number of aryl methyl sites for hydroxylation is 1. The molecule has 2 aromatic heterocycles. The monoisotopic (exact) mass is 301 g/mol. The second kappa shape index (κ2) is 5.82. The lowest BCUT2D eigenvalue weighted by Gasteiger charge is -2.19. The van der Waals surface area contributed by atoms with Crippen LogP contribution in [0.4, 0.5) is 0 Å². The number of amides is 1. The van der Waals surface area contributed by atoms with Crippen LogP contribution in [0.25, 0.3) is 11.4 Å². The van der Waals surface area contributed by atoms with Crippen LogP contribution < -0.4 is 0 Å². The minimum absolute atomic E-state index is 0.0171. The van der Waals surface area contributed by atoms with E-state index in [0.29, 0.717) is 18.3 Å². The van der Waals surface area contributed by atoms with E-state index >= 15 is 0 Å². The Hall–Kier alpha value is -2.31. The molecule has 3 heterocycles. The standard InChI is InChI=1S/C15H19N5O2/c1-9(2)15(21)20-5-4-11(7-20)13-12(6-16-8-17-13)14-18-10(3)22-19-14/h6,8-9,11H,4-5,7H2,1-3H3/t11-/m0/s1. The van der Waals surface area contributed by atoms with Crippen molar-refractivity contribution in [1.82, 2.24) is 25.0 Å². The van der Waals surface area contributed by atoms with Crippen LogP contribution in [0.2, 0.25) is 0 Å². The van der Waals surface area contributed by atoms with E-state index in [9.17, 15) is 4.79 Å². The second-order valence-corrected chi connectivity index (χ2v) is 5.88. The molecule has 0 unspecified atom stereocenters. The van der Waals surface area contributed by atoms with Crippen molar-refractivity contribution < 1.29 is 9.32 Å². The van der Waals surface area contributed by atoms with Gasteiger partial charge in [0.05, 0.1) is 11.3 Å². The van der Waals surface area contributed by atoms with Crippen molar-refractivity contribution >= 4 is 5.91 Å². The first kappa shape index (κ1) is 14.6. The average Bonchev–Trinajstić information content (AvgIpc) is 3.15. The highest BCUT2D eigenvalue weighted by Gasteiger charge is 2.31. The molecular formula is C15H19N5O2. The van der Waals surface area contributed by atoms with Crippen molar-refractivity contribution in [3.63, 3.8) is 0 Å². The summed E-state index contributed by atoms with van der Waals surface area (Å²) < 4.78 is 5.05. The summed E-state index contributed by atoms with van der Waals surface area (Å²) in [6, 6.07) is 0. The van der Waals surface area contributed by atoms with Crippen LogP contribution in [0.15, 0.2) is 17.0 Å². The van der Waals surface area contributed by atoms with Gasteiger partial charge in [-0.2, -0.15) is 4.98 Å². The zero-order chi connectivity index (χ0) is 15.7. The third kappa shape index (κ3) is 2.70. The third-order valence-corrected chi connectivity index (χ3v) is 3.89. The maximum atomic E-state index is 12.1. The molecule has 0 spiro atoms. The topological polar surface area (TPSA) is 85.0 Å². The quantitative estimate of drug-likeness (QED) is 0.859. The number of nitrogens with zero attached hydrogens (tertiary/aromatic N) is 5. The fraction of sp³-hybridized carbons (Fsp3) is 0.533. The molecule has 1 aliphatic rings. The molecule has 22 heavy (non-hydrogen) atoms. The lowest BCUT2D eigenvalue weighted by atomic mass is 10.00. The fourth-order valence-electron chi connectivity index (χ4n) is 2.79. The average molecular weight is 301 g/mol. The summed E-state index contributed by atoms with van der Waals surface area (Å²) in [6.45, 7) is 7.04. The molecule has 0 bridgehead atoms. The van der Waals surface area contributed by atoms with E-state index in [4.69, 9.17) is 4.52 Å². The molecule has 1 amide bonds. The molecule has 0 aromatic carbocycles. The van der Waals surface area contributed by atoms with Gasteiger partial charge in [0, 0.05) is 38.0 Å². The highest BCUT2D eigenvalue weighted by molar-refractivity contribution is 5.78. The summed E-state index contributed by atoms with van der Waals surface area (Å²) in [5.41, 5.74) is 1.66. The predicted octanol–water partition coefficient (Wildman–Crippen LogP) is 1.81. The number of likely N-dealkylation sites (tertiary alicyclic amines) is 1. The Bertz CT molecular complexity index is 682. The van der Waals surface area contributed by atoms with Crippen molar-refractivity contribution in [2.75, 3.05) is 13.1 Å².